The third kappa shape index (κ3) is 5.27. The van der Waals surface area contributed by atoms with Crippen molar-refractivity contribution in [1.82, 2.24) is 5.32 Å². The first kappa shape index (κ1) is 17.3. The molecule has 0 heterocycles. The van der Waals surface area contributed by atoms with Gasteiger partial charge in [-0.15, -0.1) is 0 Å². The smallest absolute Gasteiger partial charge is 0.323 e. The van der Waals surface area contributed by atoms with Gasteiger partial charge in [0, 0.05) is 16.8 Å². The first-order chi connectivity index (χ1) is 9.85. The van der Waals surface area contributed by atoms with Crippen LogP contribution in [-0.2, 0) is 9.59 Å². The lowest BCUT2D eigenvalue weighted by Crippen LogP contribution is -2.49. The predicted octanol–water partition coefficient (Wildman–Crippen LogP) is 2.53. The number of benzene rings is 1. The zero-order valence-corrected chi connectivity index (χ0v) is 13.2. The van der Waals surface area contributed by atoms with Crippen molar-refractivity contribution in [3.05, 3.63) is 29.3 Å². The van der Waals surface area contributed by atoms with Crippen LogP contribution in [0.2, 0.25) is 5.02 Å². The Hall–Kier alpha value is -1.75. The molecular formula is C15H21ClN2O3. The number of nitrogens with zero attached hydrogens (tertiary/aromatic N) is 1. The van der Waals surface area contributed by atoms with E-state index in [9.17, 15) is 9.59 Å². The number of carbonyl (C=O) groups is 2. The third-order valence-corrected chi connectivity index (χ3v) is 3.53. The Morgan fingerprint density at radius 1 is 1.38 bits per heavy atom. The summed E-state index contributed by atoms with van der Waals surface area (Å²) >= 11 is 5.94. The maximum absolute atomic E-state index is 12.2. The van der Waals surface area contributed by atoms with Crippen LogP contribution >= 0.6 is 11.6 Å². The van der Waals surface area contributed by atoms with Gasteiger partial charge in [-0.3, -0.25) is 9.59 Å². The van der Waals surface area contributed by atoms with Gasteiger partial charge in [0.05, 0.1) is 0 Å². The summed E-state index contributed by atoms with van der Waals surface area (Å²) in [6.07, 6.45) is 0.814. The van der Waals surface area contributed by atoms with Crippen molar-refractivity contribution in [2.24, 2.45) is 0 Å². The minimum absolute atomic E-state index is 0.0472. The van der Waals surface area contributed by atoms with E-state index in [1.807, 2.05) is 13.8 Å². The number of rotatable bonds is 7. The maximum Gasteiger partial charge on any atom is 0.323 e. The molecule has 0 aromatic heterocycles. The summed E-state index contributed by atoms with van der Waals surface area (Å²) < 4.78 is 0. The van der Waals surface area contributed by atoms with E-state index in [1.54, 1.807) is 31.2 Å². The molecule has 0 radical (unpaired) electrons. The molecular weight excluding hydrogens is 292 g/mol. The van der Waals surface area contributed by atoms with Crippen molar-refractivity contribution in [2.75, 3.05) is 11.4 Å². The van der Waals surface area contributed by atoms with Gasteiger partial charge in [0.2, 0.25) is 5.91 Å². The quantitative estimate of drug-likeness (QED) is 0.811. The predicted molar refractivity (Wildman–Crippen MR) is 83.8 cm³/mol. The topological polar surface area (TPSA) is 69.6 Å². The summed E-state index contributed by atoms with van der Waals surface area (Å²) in [6.45, 7) is 5.30. The molecule has 116 valence electrons. The number of hydrogen-bond donors (Lipinski definition) is 2. The van der Waals surface area contributed by atoms with Gasteiger partial charge in [-0.25, -0.2) is 0 Å². The first-order valence-electron chi connectivity index (χ1n) is 6.89. The molecule has 2 atom stereocenters. The fourth-order valence-corrected chi connectivity index (χ4v) is 2.04. The number of hydrogen-bond acceptors (Lipinski definition) is 3. The van der Waals surface area contributed by atoms with Crippen molar-refractivity contribution in [3.8, 4) is 0 Å². The SMILES string of the molecule is CCC(C)NC(=O)C(C)N(CC(=O)O)c1cccc(Cl)c1. The van der Waals surface area contributed by atoms with E-state index < -0.39 is 12.0 Å². The molecule has 0 spiro atoms. The third-order valence-electron chi connectivity index (χ3n) is 3.29. The van der Waals surface area contributed by atoms with Crippen molar-refractivity contribution >= 4 is 29.2 Å². The first-order valence-corrected chi connectivity index (χ1v) is 7.27. The molecule has 0 aliphatic heterocycles. The summed E-state index contributed by atoms with van der Waals surface area (Å²) in [5.74, 6) is -1.20. The second-order valence-corrected chi connectivity index (χ2v) is 5.43. The lowest BCUT2D eigenvalue weighted by Gasteiger charge is -2.30. The zero-order chi connectivity index (χ0) is 16.0. The molecule has 1 aromatic carbocycles. The molecule has 0 saturated carbocycles. The van der Waals surface area contributed by atoms with Gasteiger partial charge in [0.25, 0.3) is 0 Å². The van der Waals surface area contributed by atoms with Crippen LogP contribution in [0.4, 0.5) is 5.69 Å². The van der Waals surface area contributed by atoms with E-state index >= 15 is 0 Å². The van der Waals surface area contributed by atoms with Crippen LogP contribution in [-0.4, -0.2) is 35.6 Å². The minimum atomic E-state index is -1.00. The fraction of sp³-hybridized carbons (Fsp3) is 0.467. The minimum Gasteiger partial charge on any atom is -0.480 e. The number of aliphatic carboxylic acids is 1. The number of nitrogens with one attached hydrogen (secondary N) is 1. The van der Waals surface area contributed by atoms with Gasteiger partial charge in [-0.2, -0.15) is 0 Å². The number of carboxylic acid groups (broad SMARTS) is 1. The highest BCUT2D eigenvalue weighted by Crippen LogP contribution is 2.21. The average Bonchev–Trinajstić information content (AvgIpc) is 2.43. The van der Waals surface area contributed by atoms with E-state index in [4.69, 9.17) is 16.7 Å². The molecule has 6 heteroatoms. The molecule has 0 bridgehead atoms. The van der Waals surface area contributed by atoms with Crippen LogP contribution in [0.1, 0.15) is 27.2 Å². The number of carboxylic acids is 1. The van der Waals surface area contributed by atoms with Crippen molar-refractivity contribution in [3.63, 3.8) is 0 Å². The van der Waals surface area contributed by atoms with Crippen LogP contribution in [0, 0.1) is 0 Å². The largest absolute Gasteiger partial charge is 0.480 e. The second-order valence-electron chi connectivity index (χ2n) is 5.00. The summed E-state index contributed by atoms with van der Waals surface area (Å²) in [4.78, 5) is 24.8. The molecule has 0 saturated heterocycles. The molecule has 0 aliphatic rings. The Morgan fingerprint density at radius 3 is 2.57 bits per heavy atom. The van der Waals surface area contributed by atoms with Crippen molar-refractivity contribution in [1.29, 1.82) is 0 Å². The molecule has 0 aliphatic carbocycles. The summed E-state index contributed by atoms with van der Waals surface area (Å²) in [5.41, 5.74) is 0.608. The number of halogens is 1. The Labute approximate surface area is 129 Å². The number of carbonyl (C=O) groups excluding carboxylic acids is 1. The van der Waals surface area contributed by atoms with Crippen LogP contribution < -0.4 is 10.2 Å². The lowest BCUT2D eigenvalue weighted by atomic mass is 10.2. The summed E-state index contributed by atoms with van der Waals surface area (Å²) in [7, 11) is 0. The number of amides is 1. The Kier molecular flexibility index (Phi) is 6.49. The summed E-state index contributed by atoms with van der Waals surface area (Å²) in [6, 6.07) is 6.26. The van der Waals surface area contributed by atoms with Crippen molar-refractivity contribution in [2.45, 2.75) is 39.3 Å². The molecule has 2 unspecified atom stereocenters. The molecule has 2 N–H and O–H groups in total. The van der Waals surface area contributed by atoms with Crippen LogP contribution in [0.5, 0.6) is 0 Å². The molecule has 1 aromatic rings. The standard InChI is InChI=1S/C15H21ClN2O3/c1-4-10(2)17-15(21)11(3)18(9-14(19)20)13-7-5-6-12(16)8-13/h5-8,10-11H,4,9H2,1-3H3,(H,17,21)(H,19,20). The number of anilines is 1. The van der Waals surface area contributed by atoms with Crippen LogP contribution in [0.25, 0.3) is 0 Å². The Bertz CT molecular complexity index is 507. The highest BCUT2D eigenvalue weighted by Gasteiger charge is 2.24. The maximum atomic E-state index is 12.2. The van der Waals surface area contributed by atoms with Crippen molar-refractivity contribution < 1.29 is 14.7 Å². The highest BCUT2D eigenvalue weighted by atomic mass is 35.5. The van der Waals surface area contributed by atoms with Gasteiger partial charge in [0.15, 0.2) is 0 Å². The molecule has 1 rings (SSSR count). The van der Waals surface area contributed by atoms with Gasteiger partial charge < -0.3 is 15.3 Å². The monoisotopic (exact) mass is 312 g/mol. The van der Waals surface area contributed by atoms with E-state index in [0.29, 0.717) is 10.7 Å². The van der Waals surface area contributed by atoms with Gasteiger partial charge in [-0.1, -0.05) is 24.6 Å². The van der Waals surface area contributed by atoms with Gasteiger partial charge in [-0.05, 0) is 38.5 Å². The Morgan fingerprint density at radius 2 is 2.05 bits per heavy atom. The molecule has 21 heavy (non-hydrogen) atoms. The van der Waals surface area contributed by atoms with E-state index in [1.165, 1.54) is 4.90 Å². The van der Waals surface area contributed by atoms with Crippen LogP contribution in [0.15, 0.2) is 24.3 Å². The fourth-order valence-electron chi connectivity index (χ4n) is 1.86. The average molecular weight is 313 g/mol. The summed E-state index contributed by atoms with van der Waals surface area (Å²) in [5, 5.41) is 12.4. The Balaban J connectivity index is 2.96. The van der Waals surface area contributed by atoms with E-state index in [0.717, 1.165) is 6.42 Å². The molecule has 0 fully saturated rings. The molecule has 5 nitrogen and oxygen atoms in total. The zero-order valence-electron chi connectivity index (χ0n) is 12.5. The van der Waals surface area contributed by atoms with E-state index in [-0.39, 0.29) is 18.5 Å². The van der Waals surface area contributed by atoms with Crippen LogP contribution in [0.3, 0.4) is 0 Å². The van der Waals surface area contributed by atoms with E-state index in [2.05, 4.69) is 5.32 Å². The second kappa shape index (κ2) is 7.88. The van der Waals surface area contributed by atoms with Gasteiger partial charge in [0.1, 0.15) is 12.6 Å². The lowest BCUT2D eigenvalue weighted by molar-refractivity contribution is -0.135. The van der Waals surface area contributed by atoms with Gasteiger partial charge >= 0.3 is 5.97 Å². The molecule has 1 amide bonds. The normalized spacial score (nSPS) is 13.3. The highest BCUT2D eigenvalue weighted by molar-refractivity contribution is 6.30.